The van der Waals surface area contributed by atoms with Gasteiger partial charge in [0.05, 0.1) is 12.6 Å². The minimum atomic E-state index is -0.205. The number of hydrogen-bond acceptors (Lipinski definition) is 4. The predicted molar refractivity (Wildman–Crippen MR) is 90.5 cm³/mol. The molecule has 1 fully saturated rings. The molecule has 0 bridgehead atoms. The van der Waals surface area contributed by atoms with Crippen LogP contribution in [0, 0.1) is 0 Å². The minimum absolute atomic E-state index is 0.0671. The molecular weight excluding hydrogens is 312 g/mol. The van der Waals surface area contributed by atoms with E-state index in [1.54, 1.807) is 11.0 Å². The Hall–Kier alpha value is -1.98. The van der Waals surface area contributed by atoms with E-state index in [0.29, 0.717) is 23.9 Å². The van der Waals surface area contributed by atoms with Gasteiger partial charge in [-0.15, -0.1) is 0 Å². The van der Waals surface area contributed by atoms with E-state index >= 15 is 0 Å². The van der Waals surface area contributed by atoms with Gasteiger partial charge in [-0.05, 0) is 36.6 Å². The first-order chi connectivity index (χ1) is 11.2. The molecule has 1 unspecified atom stereocenters. The number of anilines is 1. The molecule has 3 rings (SSSR count). The van der Waals surface area contributed by atoms with Crippen LogP contribution in [0.5, 0.6) is 0 Å². The largest absolute Gasteiger partial charge is 0.311 e. The lowest BCUT2D eigenvalue weighted by molar-refractivity contribution is -0.118. The van der Waals surface area contributed by atoms with Crippen molar-refractivity contribution in [1.82, 2.24) is 15.3 Å². The van der Waals surface area contributed by atoms with Gasteiger partial charge >= 0.3 is 0 Å². The lowest BCUT2D eigenvalue weighted by atomic mass is 10.2. The Labute approximate surface area is 140 Å². The van der Waals surface area contributed by atoms with Crippen molar-refractivity contribution in [2.45, 2.75) is 32.4 Å². The molecule has 1 aromatic heterocycles. The molecule has 1 saturated heterocycles. The average molecular weight is 331 g/mol. The molecule has 0 spiro atoms. The number of hydrogen-bond donors (Lipinski definition) is 1. The number of aryl methyl sites for hydroxylation is 1. The van der Waals surface area contributed by atoms with Gasteiger partial charge in [-0.25, -0.2) is 9.97 Å². The van der Waals surface area contributed by atoms with E-state index in [1.165, 1.54) is 0 Å². The smallest absolute Gasteiger partial charge is 0.244 e. The van der Waals surface area contributed by atoms with E-state index in [0.717, 1.165) is 24.1 Å². The minimum Gasteiger partial charge on any atom is -0.311 e. The number of carbonyl (C=O) groups is 1. The third-order valence-electron chi connectivity index (χ3n) is 4.00. The van der Waals surface area contributed by atoms with E-state index in [-0.39, 0.29) is 11.9 Å². The number of nitrogens with zero attached hydrogens (tertiary/aromatic N) is 3. The fourth-order valence-corrected chi connectivity index (χ4v) is 2.82. The van der Waals surface area contributed by atoms with Gasteiger partial charge in [-0.3, -0.25) is 10.1 Å². The molecule has 6 heteroatoms. The summed E-state index contributed by atoms with van der Waals surface area (Å²) < 4.78 is 0. The molecule has 0 aliphatic carbocycles. The highest BCUT2D eigenvalue weighted by atomic mass is 35.5. The zero-order chi connectivity index (χ0) is 16.2. The van der Waals surface area contributed by atoms with Crippen molar-refractivity contribution in [3.63, 3.8) is 0 Å². The Kier molecular flexibility index (Phi) is 4.88. The number of rotatable bonds is 5. The first kappa shape index (κ1) is 15.9. The predicted octanol–water partition coefficient (Wildman–Crippen LogP) is 2.59. The van der Waals surface area contributed by atoms with E-state index in [2.05, 4.69) is 22.2 Å². The van der Waals surface area contributed by atoms with Gasteiger partial charge in [-0.2, -0.15) is 0 Å². The SMILES string of the molecule is CCc1cnc(CNC2CCN(c3cccc(Cl)c3)C2=O)nc1. The van der Waals surface area contributed by atoms with Crippen molar-refractivity contribution >= 4 is 23.2 Å². The van der Waals surface area contributed by atoms with E-state index in [4.69, 9.17) is 11.6 Å². The molecule has 0 saturated carbocycles. The molecule has 1 aromatic carbocycles. The van der Waals surface area contributed by atoms with E-state index in [9.17, 15) is 4.79 Å². The van der Waals surface area contributed by atoms with Crippen LogP contribution in [0.4, 0.5) is 5.69 Å². The highest BCUT2D eigenvalue weighted by molar-refractivity contribution is 6.30. The first-order valence-electron chi connectivity index (χ1n) is 7.77. The molecule has 1 aliphatic heterocycles. The molecule has 120 valence electrons. The van der Waals surface area contributed by atoms with Gasteiger partial charge in [0.1, 0.15) is 5.82 Å². The van der Waals surface area contributed by atoms with Crippen LogP contribution in [0.1, 0.15) is 24.7 Å². The summed E-state index contributed by atoms with van der Waals surface area (Å²) in [5, 5.41) is 3.89. The fraction of sp³-hybridized carbons (Fsp3) is 0.353. The summed E-state index contributed by atoms with van der Waals surface area (Å²) in [6.07, 6.45) is 5.35. The normalized spacial score (nSPS) is 17.7. The molecule has 1 amide bonds. The van der Waals surface area contributed by atoms with Crippen molar-refractivity contribution < 1.29 is 4.79 Å². The second-order valence-corrected chi connectivity index (χ2v) is 5.99. The summed E-state index contributed by atoms with van der Waals surface area (Å²) in [7, 11) is 0. The Morgan fingerprint density at radius 2 is 2.13 bits per heavy atom. The molecule has 1 N–H and O–H groups in total. The van der Waals surface area contributed by atoms with E-state index < -0.39 is 0 Å². The van der Waals surface area contributed by atoms with Gasteiger partial charge in [0.2, 0.25) is 5.91 Å². The van der Waals surface area contributed by atoms with Crippen molar-refractivity contribution in [3.8, 4) is 0 Å². The summed E-state index contributed by atoms with van der Waals surface area (Å²) in [6, 6.07) is 7.17. The fourth-order valence-electron chi connectivity index (χ4n) is 2.64. The first-order valence-corrected chi connectivity index (χ1v) is 8.15. The topological polar surface area (TPSA) is 58.1 Å². The van der Waals surface area contributed by atoms with Crippen LogP contribution in [-0.4, -0.2) is 28.5 Å². The Morgan fingerprint density at radius 3 is 2.83 bits per heavy atom. The molecule has 1 atom stereocenters. The van der Waals surface area contributed by atoms with Crippen LogP contribution >= 0.6 is 11.6 Å². The molecule has 1 aliphatic rings. The molecule has 2 aromatic rings. The maximum absolute atomic E-state index is 12.5. The third-order valence-corrected chi connectivity index (χ3v) is 4.23. The molecule has 0 radical (unpaired) electrons. The third kappa shape index (κ3) is 3.68. The van der Waals surface area contributed by atoms with Gasteiger partial charge in [0, 0.05) is 29.6 Å². The second kappa shape index (κ2) is 7.06. The summed E-state index contributed by atoms with van der Waals surface area (Å²) in [6.45, 7) is 3.24. The van der Waals surface area contributed by atoms with Crippen molar-refractivity contribution in [1.29, 1.82) is 0 Å². The van der Waals surface area contributed by atoms with Crippen molar-refractivity contribution in [2.75, 3.05) is 11.4 Å². The molecule has 2 heterocycles. The quantitative estimate of drug-likeness (QED) is 0.915. The van der Waals surface area contributed by atoms with Crippen LogP contribution in [0.25, 0.3) is 0 Å². The van der Waals surface area contributed by atoms with Crippen molar-refractivity contribution in [3.05, 3.63) is 53.1 Å². The highest BCUT2D eigenvalue weighted by Gasteiger charge is 2.32. The second-order valence-electron chi connectivity index (χ2n) is 5.55. The number of halogens is 1. The number of benzene rings is 1. The van der Waals surface area contributed by atoms with Gasteiger partial charge in [0.25, 0.3) is 0 Å². The Morgan fingerprint density at radius 1 is 1.35 bits per heavy atom. The highest BCUT2D eigenvalue weighted by Crippen LogP contribution is 2.24. The number of nitrogens with one attached hydrogen (secondary N) is 1. The zero-order valence-corrected chi connectivity index (χ0v) is 13.8. The van der Waals surface area contributed by atoms with Crippen molar-refractivity contribution in [2.24, 2.45) is 0 Å². The number of aromatic nitrogens is 2. The lowest BCUT2D eigenvalue weighted by Crippen LogP contribution is -2.38. The Bertz CT molecular complexity index is 689. The van der Waals surface area contributed by atoms with Crippen LogP contribution < -0.4 is 10.2 Å². The number of carbonyl (C=O) groups excluding carboxylic acids is 1. The summed E-state index contributed by atoms with van der Waals surface area (Å²) in [4.78, 5) is 22.9. The summed E-state index contributed by atoms with van der Waals surface area (Å²) >= 11 is 6.00. The number of amides is 1. The zero-order valence-electron chi connectivity index (χ0n) is 13.0. The summed E-state index contributed by atoms with van der Waals surface area (Å²) in [5.41, 5.74) is 1.95. The van der Waals surface area contributed by atoms with E-state index in [1.807, 2.05) is 30.6 Å². The maximum Gasteiger partial charge on any atom is 0.244 e. The average Bonchev–Trinajstić information content (AvgIpc) is 2.94. The van der Waals surface area contributed by atoms with Gasteiger partial charge < -0.3 is 4.90 Å². The standard InChI is InChI=1S/C17H19ClN4O/c1-2-12-9-20-16(21-10-12)11-19-15-6-7-22(17(15)23)14-5-3-4-13(18)8-14/h3-5,8-10,15,19H,2,6-7,11H2,1H3. The van der Waals surface area contributed by atoms with Gasteiger partial charge in [0.15, 0.2) is 0 Å². The monoisotopic (exact) mass is 330 g/mol. The Balaban J connectivity index is 1.60. The van der Waals surface area contributed by atoms with Crippen LogP contribution in [0.2, 0.25) is 5.02 Å². The maximum atomic E-state index is 12.5. The molecule has 5 nitrogen and oxygen atoms in total. The molecular formula is C17H19ClN4O. The lowest BCUT2D eigenvalue weighted by Gasteiger charge is -2.17. The molecule has 23 heavy (non-hydrogen) atoms. The van der Waals surface area contributed by atoms with Gasteiger partial charge in [-0.1, -0.05) is 24.6 Å². The summed E-state index contributed by atoms with van der Waals surface area (Å²) in [5.74, 6) is 0.772. The van der Waals surface area contributed by atoms with Crippen LogP contribution in [-0.2, 0) is 17.8 Å². The van der Waals surface area contributed by atoms with Crippen LogP contribution in [0.15, 0.2) is 36.7 Å². The van der Waals surface area contributed by atoms with Crippen LogP contribution in [0.3, 0.4) is 0 Å².